The number of ether oxygens (including phenoxy) is 1. The van der Waals surface area contributed by atoms with Crippen LogP contribution in [0.5, 0.6) is 5.75 Å². The molecule has 0 saturated heterocycles. The van der Waals surface area contributed by atoms with Crippen LogP contribution < -0.4 is 5.56 Å². The smallest absolute Gasteiger partial charge is 0.361 e. The fraction of sp³-hybridized carbons (Fsp3) is 0.643. The van der Waals surface area contributed by atoms with Crippen molar-refractivity contribution in [3.63, 3.8) is 0 Å². The third-order valence-corrected chi connectivity index (χ3v) is 3.62. The Labute approximate surface area is 117 Å². The summed E-state index contributed by atoms with van der Waals surface area (Å²) in [6, 6.07) is 0. The summed E-state index contributed by atoms with van der Waals surface area (Å²) in [7, 11) is 0. The molecule has 2 N–H and O–H groups in total. The van der Waals surface area contributed by atoms with Gasteiger partial charge in [-0.2, -0.15) is 0 Å². The average Bonchev–Trinajstić information content (AvgIpc) is 2.44. The maximum absolute atomic E-state index is 11.7. The molecule has 1 saturated carbocycles. The number of carbonyl (C=O) groups excluding carboxylic acids is 1. The first-order valence-electron chi connectivity index (χ1n) is 7.11. The highest BCUT2D eigenvalue weighted by Crippen LogP contribution is 2.26. The first kappa shape index (κ1) is 14.6. The van der Waals surface area contributed by atoms with E-state index in [1.807, 2.05) is 0 Å². The van der Waals surface area contributed by atoms with Gasteiger partial charge < -0.3 is 14.8 Å². The maximum atomic E-state index is 11.7. The van der Waals surface area contributed by atoms with Crippen LogP contribution in [0, 0.1) is 5.92 Å². The Bertz CT molecular complexity index is 532. The normalized spacial score (nSPS) is 16.1. The number of esters is 1. The highest BCUT2D eigenvalue weighted by atomic mass is 16.5. The van der Waals surface area contributed by atoms with Gasteiger partial charge in [0.05, 0.1) is 6.61 Å². The molecular formula is C14H20N2O4. The molecule has 0 spiro atoms. The van der Waals surface area contributed by atoms with Crippen LogP contribution in [-0.4, -0.2) is 27.7 Å². The molecule has 2 rings (SSSR count). The Morgan fingerprint density at radius 2 is 2.10 bits per heavy atom. The quantitative estimate of drug-likeness (QED) is 0.820. The molecule has 0 bridgehead atoms. The predicted molar refractivity (Wildman–Crippen MR) is 72.8 cm³/mol. The van der Waals surface area contributed by atoms with Crippen LogP contribution in [0.25, 0.3) is 0 Å². The number of hydrogen-bond donors (Lipinski definition) is 2. The van der Waals surface area contributed by atoms with Crippen molar-refractivity contribution in [2.45, 2.75) is 45.4 Å². The van der Waals surface area contributed by atoms with Gasteiger partial charge in [-0.1, -0.05) is 32.1 Å². The van der Waals surface area contributed by atoms with Crippen LogP contribution in [-0.2, 0) is 11.2 Å². The highest BCUT2D eigenvalue weighted by Gasteiger charge is 2.21. The van der Waals surface area contributed by atoms with Crippen molar-refractivity contribution in [1.29, 1.82) is 0 Å². The second-order valence-electron chi connectivity index (χ2n) is 5.14. The number of aromatic amines is 1. The van der Waals surface area contributed by atoms with Gasteiger partial charge in [-0.25, -0.2) is 9.78 Å². The predicted octanol–water partition coefficient (Wildman–Crippen LogP) is 1.77. The van der Waals surface area contributed by atoms with Gasteiger partial charge in [-0.3, -0.25) is 4.79 Å². The lowest BCUT2D eigenvalue weighted by molar-refractivity contribution is 0.0514. The molecule has 1 aliphatic carbocycles. The molecule has 20 heavy (non-hydrogen) atoms. The number of nitrogens with one attached hydrogen (secondary N) is 1. The van der Waals surface area contributed by atoms with Gasteiger partial charge in [0.15, 0.2) is 5.69 Å². The lowest BCUT2D eigenvalue weighted by Gasteiger charge is -2.20. The lowest BCUT2D eigenvalue weighted by atomic mass is 9.87. The van der Waals surface area contributed by atoms with Crippen molar-refractivity contribution < 1.29 is 14.6 Å². The number of hydrogen-bond acceptors (Lipinski definition) is 5. The van der Waals surface area contributed by atoms with Gasteiger partial charge in [0, 0.05) is 6.42 Å². The van der Waals surface area contributed by atoms with Gasteiger partial charge in [0.25, 0.3) is 5.56 Å². The van der Waals surface area contributed by atoms with Gasteiger partial charge in [0.2, 0.25) is 5.75 Å². The molecule has 0 aliphatic heterocycles. The number of aromatic hydroxyl groups is 1. The summed E-state index contributed by atoms with van der Waals surface area (Å²) in [4.78, 5) is 29.9. The zero-order valence-electron chi connectivity index (χ0n) is 11.6. The summed E-state index contributed by atoms with van der Waals surface area (Å²) in [5.74, 6) is -0.508. The molecule has 110 valence electrons. The number of aromatic nitrogens is 2. The molecule has 0 aromatic carbocycles. The molecule has 6 heteroatoms. The molecule has 1 aromatic heterocycles. The Morgan fingerprint density at radius 3 is 2.75 bits per heavy atom. The van der Waals surface area contributed by atoms with Crippen LogP contribution in [0.3, 0.4) is 0 Å². The summed E-state index contributed by atoms with van der Waals surface area (Å²) in [5, 5.41) is 9.62. The number of rotatable bonds is 4. The maximum Gasteiger partial charge on any atom is 0.361 e. The van der Waals surface area contributed by atoms with Crippen molar-refractivity contribution in [3.8, 4) is 5.75 Å². The van der Waals surface area contributed by atoms with Crippen LogP contribution in [0.15, 0.2) is 4.79 Å². The van der Waals surface area contributed by atoms with Crippen molar-refractivity contribution in [3.05, 3.63) is 21.9 Å². The Kier molecular flexibility index (Phi) is 4.76. The molecule has 0 atom stereocenters. The van der Waals surface area contributed by atoms with Crippen molar-refractivity contribution in [1.82, 2.24) is 9.97 Å². The van der Waals surface area contributed by atoms with E-state index in [1.54, 1.807) is 6.92 Å². The molecule has 1 aliphatic rings. The summed E-state index contributed by atoms with van der Waals surface area (Å²) < 4.78 is 4.79. The zero-order valence-corrected chi connectivity index (χ0v) is 11.6. The van der Waals surface area contributed by atoms with E-state index < -0.39 is 17.3 Å². The Hall–Kier alpha value is -1.85. The Balaban J connectivity index is 2.21. The van der Waals surface area contributed by atoms with E-state index in [0.717, 1.165) is 12.8 Å². The molecule has 0 unspecified atom stereocenters. The van der Waals surface area contributed by atoms with Crippen LogP contribution >= 0.6 is 0 Å². The number of carbonyl (C=O) groups is 1. The average molecular weight is 280 g/mol. The monoisotopic (exact) mass is 280 g/mol. The molecule has 0 radical (unpaired) electrons. The summed E-state index contributed by atoms with van der Waals surface area (Å²) in [6.45, 7) is 1.83. The topological polar surface area (TPSA) is 92.3 Å². The van der Waals surface area contributed by atoms with Crippen molar-refractivity contribution in [2.24, 2.45) is 5.92 Å². The Morgan fingerprint density at radius 1 is 1.40 bits per heavy atom. The van der Waals surface area contributed by atoms with Gasteiger partial charge in [-0.15, -0.1) is 0 Å². The molecule has 1 fully saturated rings. The first-order chi connectivity index (χ1) is 9.61. The van der Waals surface area contributed by atoms with Gasteiger partial charge in [-0.05, 0) is 12.8 Å². The fourth-order valence-electron chi connectivity index (χ4n) is 2.62. The van der Waals surface area contributed by atoms with E-state index in [4.69, 9.17) is 4.74 Å². The summed E-state index contributed by atoms with van der Waals surface area (Å²) in [6.07, 6.45) is 6.49. The third kappa shape index (κ3) is 3.37. The van der Waals surface area contributed by atoms with Crippen LogP contribution in [0.1, 0.15) is 55.3 Å². The van der Waals surface area contributed by atoms with Crippen molar-refractivity contribution >= 4 is 5.97 Å². The minimum Gasteiger partial charge on any atom is -0.501 e. The van der Waals surface area contributed by atoms with E-state index in [9.17, 15) is 14.7 Å². The third-order valence-electron chi connectivity index (χ3n) is 3.62. The molecule has 6 nitrogen and oxygen atoms in total. The zero-order chi connectivity index (χ0) is 14.5. The van der Waals surface area contributed by atoms with Crippen LogP contribution in [0.2, 0.25) is 0 Å². The molecule has 0 amide bonds. The SMILES string of the molecule is CCOC(=O)c1nc(CC2CCCCC2)[nH]c(=O)c1O. The second-order valence-corrected chi connectivity index (χ2v) is 5.14. The van der Waals surface area contributed by atoms with Crippen molar-refractivity contribution in [2.75, 3.05) is 6.61 Å². The second kappa shape index (κ2) is 6.54. The molecular weight excluding hydrogens is 260 g/mol. The van der Waals surface area contributed by atoms with Gasteiger partial charge in [0.1, 0.15) is 5.82 Å². The van der Waals surface area contributed by atoms with Crippen LogP contribution in [0.4, 0.5) is 0 Å². The number of nitrogens with zero attached hydrogens (tertiary/aromatic N) is 1. The largest absolute Gasteiger partial charge is 0.501 e. The van der Waals surface area contributed by atoms with E-state index in [-0.39, 0.29) is 12.3 Å². The summed E-state index contributed by atoms with van der Waals surface area (Å²) in [5.41, 5.74) is -0.977. The molecule has 1 heterocycles. The minimum atomic E-state index is -0.763. The van der Waals surface area contributed by atoms with E-state index in [2.05, 4.69) is 9.97 Å². The summed E-state index contributed by atoms with van der Waals surface area (Å²) >= 11 is 0. The highest BCUT2D eigenvalue weighted by molar-refractivity contribution is 5.89. The van der Waals surface area contributed by atoms with E-state index in [0.29, 0.717) is 18.2 Å². The van der Waals surface area contributed by atoms with Gasteiger partial charge >= 0.3 is 5.97 Å². The lowest BCUT2D eigenvalue weighted by Crippen LogP contribution is -2.21. The molecule has 1 aromatic rings. The first-order valence-corrected chi connectivity index (χ1v) is 7.11. The van der Waals surface area contributed by atoms with E-state index >= 15 is 0 Å². The van der Waals surface area contributed by atoms with E-state index in [1.165, 1.54) is 19.3 Å². The standard InChI is InChI=1S/C14H20N2O4/c1-2-20-14(19)11-12(17)13(18)16-10(15-11)8-9-6-4-3-5-7-9/h9,17H,2-8H2,1H3,(H,15,16,18). The number of H-pyrrole nitrogens is 1. The minimum absolute atomic E-state index is 0.171. The fourth-order valence-corrected chi connectivity index (χ4v) is 2.62.